The monoisotopic (exact) mass is 467 g/mol. The molecule has 2 heterocycles. The van der Waals surface area contributed by atoms with Crippen molar-refractivity contribution in [3.8, 4) is 16.8 Å². The van der Waals surface area contributed by atoms with Crippen molar-refractivity contribution in [3.05, 3.63) is 114 Å². The minimum absolute atomic E-state index is 0.0894. The van der Waals surface area contributed by atoms with Crippen LogP contribution in [0.1, 0.15) is 25.0 Å². The third-order valence-corrected chi connectivity index (χ3v) is 8.06. The van der Waals surface area contributed by atoms with Crippen molar-refractivity contribution in [2.45, 2.75) is 19.3 Å². The highest BCUT2D eigenvalue weighted by Gasteiger charge is 2.36. The van der Waals surface area contributed by atoms with Crippen molar-refractivity contribution in [2.24, 2.45) is 0 Å². The van der Waals surface area contributed by atoms with Gasteiger partial charge in [-0.1, -0.05) is 62.4 Å². The molecule has 7 aromatic rings. The first-order valence-corrected chi connectivity index (χ1v) is 12.3. The van der Waals surface area contributed by atoms with E-state index in [1.807, 2.05) is 30.3 Å². The Bertz CT molecular complexity index is 2020. The normalized spacial score (nSPS) is 14.2. The van der Waals surface area contributed by atoms with E-state index in [1.165, 1.54) is 39.8 Å². The van der Waals surface area contributed by atoms with Crippen LogP contribution in [0.25, 0.3) is 60.6 Å². The maximum absolute atomic E-state index is 14.0. The largest absolute Gasteiger partial charge is 0.454 e. The summed E-state index contributed by atoms with van der Waals surface area (Å²) in [5.41, 5.74) is 9.88. The molecular weight excluding hydrogens is 445 g/mol. The van der Waals surface area contributed by atoms with E-state index in [4.69, 9.17) is 4.42 Å². The minimum Gasteiger partial charge on any atom is -0.454 e. The molecule has 1 aliphatic rings. The van der Waals surface area contributed by atoms with Gasteiger partial charge in [0.15, 0.2) is 5.58 Å². The molecule has 0 amide bonds. The van der Waals surface area contributed by atoms with E-state index in [-0.39, 0.29) is 11.2 Å². The number of benzene rings is 5. The van der Waals surface area contributed by atoms with Crippen molar-refractivity contribution < 1.29 is 8.81 Å². The molecule has 0 unspecified atom stereocenters. The number of halogens is 1. The van der Waals surface area contributed by atoms with Gasteiger partial charge in [-0.25, -0.2) is 4.39 Å². The van der Waals surface area contributed by atoms with Crippen molar-refractivity contribution in [1.82, 2.24) is 4.57 Å². The highest BCUT2D eigenvalue weighted by molar-refractivity contribution is 6.22. The summed E-state index contributed by atoms with van der Waals surface area (Å²) in [6.07, 6.45) is 0. The first kappa shape index (κ1) is 19.9. The maximum atomic E-state index is 14.0. The molecule has 8 rings (SSSR count). The molecule has 1 aliphatic carbocycles. The minimum atomic E-state index is -0.245. The summed E-state index contributed by atoms with van der Waals surface area (Å²) in [5.74, 6) is -0.245. The van der Waals surface area contributed by atoms with E-state index in [0.717, 1.165) is 44.0 Å². The second kappa shape index (κ2) is 6.64. The van der Waals surface area contributed by atoms with Gasteiger partial charge in [0.2, 0.25) is 0 Å². The highest BCUT2D eigenvalue weighted by Crippen LogP contribution is 2.51. The van der Waals surface area contributed by atoms with Gasteiger partial charge < -0.3 is 8.98 Å². The summed E-state index contributed by atoms with van der Waals surface area (Å²) in [5, 5.41) is 4.50. The molecular formula is C33H22FNO. The SMILES string of the molecule is CC1(C)c2ccccc2-c2cc3c(cc21)c1ccc2c4ccccc4oc2c1n3-c1ccc(F)cc1. The predicted molar refractivity (Wildman–Crippen MR) is 146 cm³/mol. The van der Waals surface area contributed by atoms with Crippen LogP contribution in [0.5, 0.6) is 0 Å². The molecule has 0 saturated heterocycles. The van der Waals surface area contributed by atoms with E-state index in [9.17, 15) is 4.39 Å². The highest BCUT2D eigenvalue weighted by atomic mass is 19.1. The van der Waals surface area contributed by atoms with Gasteiger partial charge >= 0.3 is 0 Å². The van der Waals surface area contributed by atoms with Gasteiger partial charge in [-0.3, -0.25) is 0 Å². The lowest BCUT2D eigenvalue weighted by molar-refractivity contribution is 0.627. The fourth-order valence-electron chi connectivity index (χ4n) is 6.33. The Morgan fingerprint density at radius 3 is 2.28 bits per heavy atom. The second-order valence-corrected chi connectivity index (χ2v) is 10.3. The third-order valence-electron chi connectivity index (χ3n) is 8.06. The molecule has 2 nitrogen and oxygen atoms in total. The van der Waals surface area contributed by atoms with Gasteiger partial charge in [0.25, 0.3) is 0 Å². The maximum Gasteiger partial charge on any atom is 0.160 e. The number of para-hydroxylation sites is 1. The quantitative estimate of drug-likeness (QED) is 0.235. The van der Waals surface area contributed by atoms with Crippen LogP contribution in [0, 0.1) is 5.82 Å². The van der Waals surface area contributed by atoms with Gasteiger partial charge in [0.05, 0.1) is 11.0 Å². The first-order valence-electron chi connectivity index (χ1n) is 12.3. The van der Waals surface area contributed by atoms with Crippen LogP contribution in [-0.4, -0.2) is 4.57 Å². The zero-order valence-corrected chi connectivity index (χ0v) is 20.0. The zero-order chi connectivity index (χ0) is 24.2. The summed E-state index contributed by atoms with van der Waals surface area (Å²) in [6, 6.07) is 32.7. The van der Waals surface area contributed by atoms with Gasteiger partial charge in [-0.15, -0.1) is 0 Å². The average Bonchev–Trinajstić information content (AvgIpc) is 3.50. The van der Waals surface area contributed by atoms with Crippen molar-refractivity contribution in [2.75, 3.05) is 0 Å². The lowest BCUT2D eigenvalue weighted by Gasteiger charge is -2.21. The van der Waals surface area contributed by atoms with Crippen molar-refractivity contribution >= 4 is 43.7 Å². The Kier molecular flexibility index (Phi) is 3.67. The Morgan fingerprint density at radius 2 is 1.42 bits per heavy atom. The van der Waals surface area contributed by atoms with E-state index in [2.05, 4.69) is 73.0 Å². The van der Waals surface area contributed by atoms with Crippen LogP contribution in [0.4, 0.5) is 4.39 Å². The molecule has 36 heavy (non-hydrogen) atoms. The Balaban J connectivity index is 1.59. The second-order valence-electron chi connectivity index (χ2n) is 10.3. The molecule has 0 aliphatic heterocycles. The lowest BCUT2D eigenvalue weighted by Crippen LogP contribution is -2.14. The fourth-order valence-corrected chi connectivity index (χ4v) is 6.33. The Morgan fingerprint density at radius 1 is 0.667 bits per heavy atom. The number of hydrogen-bond donors (Lipinski definition) is 0. The van der Waals surface area contributed by atoms with Crippen molar-refractivity contribution in [1.29, 1.82) is 0 Å². The standard InChI is InChI=1S/C33H22FNO/c1-33(2)27-9-5-3-7-21(27)25-18-29-26(17-28(25)33)23-15-16-24-22-8-4-6-10-30(22)36-32(24)31(23)35(29)20-13-11-19(34)12-14-20/h3-18H,1-2H3. The molecule has 0 fully saturated rings. The molecule has 0 saturated carbocycles. The summed E-state index contributed by atoms with van der Waals surface area (Å²) < 4.78 is 22.7. The zero-order valence-electron chi connectivity index (χ0n) is 20.0. The van der Waals surface area contributed by atoms with Crippen LogP contribution in [-0.2, 0) is 5.41 Å². The van der Waals surface area contributed by atoms with Crippen molar-refractivity contribution in [3.63, 3.8) is 0 Å². The van der Waals surface area contributed by atoms with Crippen LogP contribution < -0.4 is 0 Å². The van der Waals surface area contributed by atoms with Crippen LogP contribution in [0.3, 0.4) is 0 Å². The van der Waals surface area contributed by atoms with Crippen LogP contribution >= 0.6 is 0 Å². The first-order chi connectivity index (χ1) is 17.5. The van der Waals surface area contributed by atoms with E-state index in [1.54, 1.807) is 0 Å². The fraction of sp³-hybridized carbons (Fsp3) is 0.0909. The van der Waals surface area contributed by atoms with Crippen LogP contribution in [0.2, 0.25) is 0 Å². The van der Waals surface area contributed by atoms with E-state index < -0.39 is 0 Å². The predicted octanol–water partition coefficient (Wildman–Crippen LogP) is 9.13. The third kappa shape index (κ3) is 2.40. The lowest BCUT2D eigenvalue weighted by atomic mass is 9.82. The summed E-state index contributed by atoms with van der Waals surface area (Å²) in [4.78, 5) is 0. The molecule has 0 spiro atoms. The molecule has 3 heteroatoms. The molecule has 0 radical (unpaired) electrons. The summed E-state index contributed by atoms with van der Waals surface area (Å²) in [7, 11) is 0. The molecule has 0 N–H and O–H groups in total. The average molecular weight is 468 g/mol. The molecule has 172 valence electrons. The number of fused-ring (bicyclic) bond motifs is 10. The Hall–Kier alpha value is -4.37. The molecule has 5 aromatic carbocycles. The smallest absolute Gasteiger partial charge is 0.160 e. The van der Waals surface area contributed by atoms with Gasteiger partial charge in [-0.2, -0.15) is 0 Å². The topological polar surface area (TPSA) is 18.1 Å². The number of aromatic nitrogens is 1. The molecule has 0 atom stereocenters. The summed E-state index contributed by atoms with van der Waals surface area (Å²) >= 11 is 0. The number of rotatable bonds is 1. The Labute approximate surface area is 207 Å². The van der Waals surface area contributed by atoms with Crippen LogP contribution in [0.15, 0.2) is 101 Å². The van der Waals surface area contributed by atoms with Gasteiger partial charge in [-0.05, 0) is 70.8 Å². The number of nitrogens with zero attached hydrogens (tertiary/aromatic N) is 1. The van der Waals surface area contributed by atoms with Gasteiger partial charge in [0, 0.05) is 32.6 Å². The van der Waals surface area contributed by atoms with Gasteiger partial charge in [0.1, 0.15) is 11.4 Å². The number of hydrogen-bond acceptors (Lipinski definition) is 1. The number of furan rings is 1. The van der Waals surface area contributed by atoms with E-state index in [0.29, 0.717) is 0 Å². The molecule has 0 bridgehead atoms. The summed E-state index contributed by atoms with van der Waals surface area (Å²) in [6.45, 7) is 4.61. The molecule has 2 aromatic heterocycles. The van der Waals surface area contributed by atoms with E-state index >= 15 is 0 Å².